The van der Waals surface area contributed by atoms with Crippen LogP contribution in [-0.2, 0) is 4.79 Å². The van der Waals surface area contributed by atoms with Gasteiger partial charge in [0.1, 0.15) is 0 Å². The minimum absolute atomic E-state index is 0. The average molecular weight is 359 g/mol. The van der Waals surface area contributed by atoms with Gasteiger partial charge in [-0.1, -0.05) is 25.7 Å². The molecule has 0 aromatic rings. The molecule has 3 rings (SSSR count). The number of amides is 3. The van der Waals surface area contributed by atoms with Crippen molar-refractivity contribution >= 4 is 24.3 Å². The zero-order valence-corrected chi connectivity index (χ0v) is 15.2. The highest BCUT2D eigenvalue weighted by atomic mass is 35.5. The Balaban J connectivity index is 0.00000208. The Kier molecular flexibility index (Phi) is 7.32. The summed E-state index contributed by atoms with van der Waals surface area (Å²) in [6.07, 6.45) is 9.14. The largest absolute Gasteiger partial charge is 0.335 e. The number of likely N-dealkylation sites (tertiary alicyclic amines) is 1. The zero-order valence-electron chi connectivity index (χ0n) is 14.3. The topological polar surface area (TPSA) is 87.5 Å². The van der Waals surface area contributed by atoms with Crippen LogP contribution in [0.25, 0.3) is 0 Å². The molecule has 4 N–H and O–H groups in total. The van der Waals surface area contributed by atoms with Crippen molar-refractivity contribution in [2.24, 2.45) is 17.6 Å². The molecule has 6 nitrogen and oxygen atoms in total. The quantitative estimate of drug-likeness (QED) is 0.715. The summed E-state index contributed by atoms with van der Waals surface area (Å²) in [5, 5.41) is 5.41. The summed E-state index contributed by atoms with van der Waals surface area (Å²) in [5.41, 5.74) is 6.21. The number of urea groups is 1. The lowest BCUT2D eigenvalue weighted by atomic mass is 9.78. The fraction of sp³-hybridized carbons (Fsp3) is 0.882. The fourth-order valence-corrected chi connectivity index (χ4v) is 4.58. The minimum atomic E-state index is -0.338. The number of hydrogen-bond acceptors (Lipinski definition) is 4. The number of hydrogen-bond donors (Lipinski definition) is 3. The van der Waals surface area contributed by atoms with Crippen molar-refractivity contribution in [1.82, 2.24) is 15.5 Å². The van der Waals surface area contributed by atoms with Crippen molar-refractivity contribution in [3.05, 3.63) is 0 Å². The van der Waals surface area contributed by atoms with Gasteiger partial charge in [-0.05, 0) is 37.5 Å². The number of carbonyl (C=O) groups is 2. The van der Waals surface area contributed by atoms with Gasteiger partial charge in [-0.25, -0.2) is 4.79 Å². The van der Waals surface area contributed by atoms with E-state index in [1.165, 1.54) is 19.3 Å². The van der Waals surface area contributed by atoms with Crippen LogP contribution < -0.4 is 16.4 Å². The molecule has 7 heteroatoms. The Morgan fingerprint density at radius 2 is 1.75 bits per heavy atom. The van der Waals surface area contributed by atoms with E-state index in [0.29, 0.717) is 18.4 Å². The molecule has 0 radical (unpaired) electrons. The molecule has 1 saturated heterocycles. The van der Waals surface area contributed by atoms with Gasteiger partial charge in [0.15, 0.2) is 0 Å². The van der Waals surface area contributed by atoms with E-state index in [4.69, 9.17) is 5.73 Å². The van der Waals surface area contributed by atoms with Crippen LogP contribution in [0.5, 0.6) is 0 Å². The van der Waals surface area contributed by atoms with Gasteiger partial charge in [0, 0.05) is 25.2 Å². The van der Waals surface area contributed by atoms with Crippen LogP contribution in [0.3, 0.4) is 0 Å². The van der Waals surface area contributed by atoms with E-state index in [1.54, 1.807) is 0 Å². The third-order valence-corrected chi connectivity index (χ3v) is 5.79. The summed E-state index contributed by atoms with van der Waals surface area (Å²) in [5.74, 6) is 0.945. The summed E-state index contributed by atoms with van der Waals surface area (Å²) >= 11 is 0. The molecule has 24 heavy (non-hydrogen) atoms. The van der Waals surface area contributed by atoms with E-state index >= 15 is 0 Å². The number of nitrogens with zero attached hydrogens (tertiary/aromatic N) is 1. The van der Waals surface area contributed by atoms with Crippen molar-refractivity contribution in [3.63, 3.8) is 0 Å². The molecule has 0 aromatic carbocycles. The molecule has 0 aromatic heterocycles. The second-order valence-electron chi connectivity index (χ2n) is 7.57. The molecule has 3 atom stereocenters. The van der Waals surface area contributed by atoms with Crippen LogP contribution in [0.15, 0.2) is 0 Å². The van der Waals surface area contributed by atoms with Crippen molar-refractivity contribution in [3.8, 4) is 0 Å². The molecule has 1 heterocycles. The maximum absolute atomic E-state index is 12.1. The summed E-state index contributed by atoms with van der Waals surface area (Å²) in [7, 11) is 0. The smallest absolute Gasteiger partial charge is 0.321 e. The molecule has 2 saturated carbocycles. The van der Waals surface area contributed by atoms with Crippen molar-refractivity contribution in [2.45, 2.75) is 63.5 Å². The maximum Gasteiger partial charge on any atom is 0.321 e. The van der Waals surface area contributed by atoms with Gasteiger partial charge >= 0.3 is 6.03 Å². The molecular formula is C17H31ClN4O2. The van der Waals surface area contributed by atoms with E-state index in [9.17, 15) is 9.59 Å². The summed E-state index contributed by atoms with van der Waals surface area (Å²) in [6.45, 7) is 2.14. The van der Waals surface area contributed by atoms with E-state index in [0.717, 1.165) is 45.2 Å². The second kappa shape index (κ2) is 9.02. The first-order valence-corrected chi connectivity index (χ1v) is 9.20. The van der Waals surface area contributed by atoms with Crippen molar-refractivity contribution in [2.75, 3.05) is 19.6 Å². The zero-order chi connectivity index (χ0) is 16.2. The van der Waals surface area contributed by atoms with Crippen LogP contribution in [-0.4, -0.2) is 48.6 Å². The molecule has 3 unspecified atom stereocenters. The molecule has 0 bridgehead atoms. The summed E-state index contributed by atoms with van der Waals surface area (Å²) in [6, 6.07) is 0.163. The van der Waals surface area contributed by atoms with Gasteiger partial charge in [0.25, 0.3) is 0 Å². The Bertz CT molecular complexity index is 442. The molecular weight excluding hydrogens is 328 g/mol. The van der Waals surface area contributed by atoms with Gasteiger partial charge < -0.3 is 11.1 Å². The van der Waals surface area contributed by atoms with Gasteiger partial charge in [-0.15, -0.1) is 12.4 Å². The molecule has 3 fully saturated rings. The third kappa shape index (κ3) is 5.07. The predicted molar refractivity (Wildman–Crippen MR) is 96.0 cm³/mol. The van der Waals surface area contributed by atoms with Gasteiger partial charge in [-0.3, -0.25) is 15.0 Å². The number of halogens is 1. The molecule has 2 aliphatic carbocycles. The highest BCUT2D eigenvalue weighted by Crippen LogP contribution is 2.35. The molecule has 0 spiro atoms. The van der Waals surface area contributed by atoms with E-state index in [1.807, 2.05) is 0 Å². The number of imide groups is 1. The molecule has 3 amide bonds. The fourth-order valence-electron chi connectivity index (χ4n) is 4.58. The average Bonchev–Trinajstić information content (AvgIpc) is 2.91. The number of carbonyl (C=O) groups excluding carboxylic acids is 2. The minimum Gasteiger partial charge on any atom is -0.335 e. The Hall–Kier alpha value is -0.850. The van der Waals surface area contributed by atoms with Gasteiger partial charge in [0.05, 0.1) is 6.54 Å². The Morgan fingerprint density at radius 1 is 1.00 bits per heavy atom. The predicted octanol–water partition coefficient (Wildman–Crippen LogP) is 1.63. The van der Waals surface area contributed by atoms with Gasteiger partial charge in [-0.2, -0.15) is 0 Å². The second-order valence-corrected chi connectivity index (χ2v) is 7.57. The standard InChI is InChI=1S/C17H30N4O2.ClH/c18-15-8-4-5-12-9-21(10-14(12)15)11-16(22)20-17(23)19-13-6-2-1-3-7-13;/h12-15H,1-11,18H2,(H2,19,20,22,23);1H. The van der Waals surface area contributed by atoms with Gasteiger partial charge in [0.2, 0.25) is 5.91 Å². The van der Waals surface area contributed by atoms with Crippen LogP contribution in [0.1, 0.15) is 51.4 Å². The lowest BCUT2D eigenvalue weighted by Crippen LogP contribution is -2.48. The molecule has 3 aliphatic rings. The SMILES string of the molecule is Cl.NC1CCCC2CN(CC(=O)NC(=O)NC3CCCCC3)CC12. The highest BCUT2D eigenvalue weighted by Gasteiger charge is 2.39. The Morgan fingerprint density at radius 3 is 2.46 bits per heavy atom. The summed E-state index contributed by atoms with van der Waals surface area (Å²) in [4.78, 5) is 26.2. The van der Waals surface area contributed by atoms with Crippen LogP contribution in [0, 0.1) is 11.8 Å². The first kappa shape index (κ1) is 19.5. The van der Waals surface area contributed by atoms with E-state index in [-0.39, 0.29) is 36.4 Å². The molecule has 1 aliphatic heterocycles. The van der Waals surface area contributed by atoms with Crippen LogP contribution in [0.2, 0.25) is 0 Å². The third-order valence-electron chi connectivity index (χ3n) is 5.79. The molecule has 138 valence electrons. The van der Waals surface area contributed by atoms with E-state index < -0.39 is 0 Å². The number of fused-ring (bicyclic) bond motifs is 1. The first-order valence-electron chi connectivity index (χ1n) is 9.20. The van der Waals surface area contributed by atoms with Crippen LogP contribution in [0.4, 0.5) is 4.79 Å². The van der Waals surface area contributed by atoms with Crippen molar-refractivity contribution in [1.29, 1.82) is 0 Å². The normalized spacial score (nSPS) is 31.0. The van der Waals surface area contributed by atoms with Crippen molar-refractivity contribution < 1.29 is 9.59 Å². The lowest BCUT2D eigenvalue weighted by molar-refractivity contribution is -0.121. The monoisotopic (exact) mass is 358 g/mol. The number of rotatable bonds is 3. The highest BCUT2D eigenvalue weighted by molar-refractivity contribution is 5.95. The Labute approximate surface area is 150 Å². The van der Waals surface area contributed by atoms with Crippen LogP contribution >= 0.6 is 12.4 Å². The number of nitrogens with one attached hydrogen (secondary N) is 2. The first-order chi connectivity index (χ1) is 11.1. The maximum atomic E-state index is 12.1. The van der Waals surface area contributed by atoms with E-state index in [2.05, 4.69) is 15.5 Å². The summed E-state index contributed by atoms with van der Waals surface area (Å²) < 4.78 is 0. The lowest BCUT2D eigenvalue weighted by Gasteiger charge is -2.29. The number of nitrogens with two attached hydrogens (primary N) is 1.